The minimum atomic E-state index is -2.16. The zero-order chi connectivity index (χ0) is 14.3. The first-order valence-electron chi connectivity index (χ1n) is 6.78. The molecule has 0 saturated carbocycles. The number of hydrogen-bond donors (Lipinski definition) is 1. The second-order valence-corrected chi connectivity index (χ2v) is 8.45. The SMILES string of the molecule is CNCCCOP(=S)(c1ccccc1)c1ccccc1. The van der Waals surface area contributed by atoms with E-state index in [2.05, 4.69) is 29.6 Å². The molecule has 4 heteroatoms. The first-order chi connectivity index (χ1) is 9.77. The van der Waals surface area contributed by atoms with Crippen molar-refractivity contribution in [2.45, 2.75) is 6.42 Å². The lowest BCUT2D eigenvalue weighted by molar-refractivity contribution is 0.349. The van der Waals surface area contributed by atoms with E-state index >= 15 is 0 Å². The highest BCUT2D eigenvalue weighted by molar-refractivity contribution is 8.19. The summed E-state index contributed by atoms with van der Waals surface area (Å²) in [6.07, 6.45) is -1.19. The van der Waals surface area contributed by atoms with Gasteiger partial charge in [0, 0.05) is 10.6 Å². The van der Waals surface area contributed by atoms with E-state index in [1.165, 1.54) is 0 Å². The van der Waals surface area contributed by atoms with Crippen LogP contribution in [0.3, 0.4) is 0 Å². The Morgan fingerprint density at radius 1 is 0.950 bits per heavy atom. The molecule has 0 aromatic heterocycles. The van der Waals surface area contributed by atoms with Gasteiger partial charge in [-0.15, -0.1) is 0 Å². The summed E-state index contributed by atoms with van der Waals surface area (Å²) in [7, 11) is 1.95. The summed E-state index contributed by atoms with van der Waals surface area (Å²) in [6.45, 7) is 1.63. The predicted octanol–water partition coefficient (Wildman–Crippen LogP) is 2.66. The van der Waals surface area contributed by atoms with Gasteiger partial charge < -0.3 is 9.84 Å². The molecule has 0 aliphatic rings. The molecule has 2 nitrogen and oxygen atoms in total. The van der Waals surface area contributed by atoms with Crippen LogP contribution in [0.5, 0.6) is 0 Å². The van der Waals surface area contributed by atoms with Gasteiger partial charge in [-0.25, -0.2) is 0 Å². The standard InChI is InChI=1S/C16H20NOPS/c1-17-13-8-14-18-19(20,15-9-4-2-5-10-15)16-11-6-3-7-12-16/h2-7,9-12,17H,8,13-14H2,1H3. The third kappa shape index (κ3) is 3.77. The van der Waals surface area contributed by atoms with Gasteiger partial charge in [0.2, 0.25) is 0 Å². The lowest BCUT2D eigenvalue weighted by Gasteiger charge is -2.23. The van der Waals surface area contributed by atoms with Crippen LogP contribution in [-0.2, 0) is 16.3 Å². The van der Waals surface area contributed by atoms with E-state index in [1.54, 1.807) is 0 Å². The van der Waals surface area contributed by atoms with Crippen molar-refractivity contribution in [3.05, 3.63) is 60.7 Å². The van der Waals surface area contributed by atoms with Gasteiger partial charge in [0.25, 0.3) is 0 Å². The Morgan fingerprint density at radius 3 is 1.90 bits per heavy atom. The molecule has 0 saturated heterocycles. The molecule has 106 valence electrons. The van der Waals surface area contributed by atoms with Crippen molar-refractivity contribution in [1.29, 1.82) is 0 Å². The quantitative estimate of drug-likeness (QED) is 0.628. The van der Waals surface area contributed by atoms with Crippen molar-refractivity contribution in [3.63, 3.8) is 0 Å². The van der Waals surface area contributed by atoms with Gasteiger partial charge >= 0.3 is 0 Å². The van der Waals surface area contributed by atoms with Crippen molar-refractivity contribution < 1.29 is 4.52 Å². The molecule has 0 unspecified atom stereocenters. The Labute approximate surface area is 126 Å². The van der Waals surface area contributed by atoms with E-state index in [0.29, 0.717) is 6.61 Å². The van der Waals surface area contributed by atoms with Gasteiger partial charge in [-0.05, 0) is 20.0 Å². The number of rotatable bonds is 7. The highest BCUT2D eigenvalue weighted by Gasteiger charge is 2.22. The predicted molar refractivity (Wildman–Crippen MR) is 90.9 cm³/mol. The van der Waals surface area contributed by atoms with Crippen LogP contribution in [-0.4, -0.2) is 20.2 Å². The topological polar surface area (TPSA) is 21.3 Å². The molecule has 0 aliphatic carbocycles. The fraction of sp³-hybridized carbons (Fsp3) is 0.250. The molecule has 0 amide bonds. The summed E-state index contributed by atoms with van der Waals surface area (Å²) < 4.78 is 6.19. The van der Waals surface area contributed by atoms with E-state index in [1.807, 2.05) is 43.4 Å². The molecule has 0 bridgehead atoms. The molecule has 0 spiro atoms. The summed E-state index contributed by atoms with van der Waals surface area (Å²) in [5.41, 5.74) is 0. The van der Waals surface area contributed by atoms with Gasteiger partial charge in [-0.2, -0.15) is 0 Å². The second-order valence-electron chi connectivity index (χ2n) is 4.51. The Kier molecular flexibility index (Phi) is 5.93. The molecule has 2 rings (SSSR count). The summed E-state index contributed by atoms with van der Waals surface area (Å²) in [5.74, 6) is 0. The molecular formula is C16H20NOPS. The second kappa shape index (κ2) is 7.70. The summed E-state index contributed by atoms with van der Waals surface area (Å²) in [6, 6.07) is 20.4. The molecule has 0 atom stereocenters. The van der Waals surface area contributed by atoms with Crippen LogP contribution >= 0.6 is 6.26 Å². The molecular weight excluding hydrogens is 285 g/mol. The van der Waals surface area contributed by atoms with Crippen molar-refractivity contribution >= 4 is 28.7 Å². The number of benzene rings is 2. The van der Waals surface area contributed by atoms with Gasteiger partial charge in [-0.3, -0.25) is 0 Å². The summed E-state index contributed by atoms with van der Waals surface area (Å²) in [5, 5.41) is 5.36. The lowest BCUT2D eigenvalue weighted by atomic mass is 10.4. The van der Waals surface area contributed by atoms with Crippen LogP contribution in [0.1, 0.15) is 6.42 Å². The Bertz CT molecular complexity index is 516. The summed E-state index contributed by atoms with van der Waals surface area (Å²) in [4.78, 5) is 0. The number of nitrogens with one attached hydrogen (secondary N) is 1. The first kappa shape index (κ1) is 15.4. The molecule has 1 N–H and O–H groups in total. The summed E-state index contributed by atoms with van der Waals surface area (Å²) >= 11 is 5.95. The van der Waals surface area contributed by atoms with Gasteiger partial charge in [-0.1, -0.05) is 72.5 Å². The fourth-order valence-corrected chi connectivity index (χ4v) is 5.05. The van der Waals surface area contributed by atoms with E-state index < -0.39 is 6.26 Å². The monoisotopic (exact) mass is 305 g/mol. The van der Waals surface area contributed by atoms with Crippen LogP contribution < -0.4 is 15.9 Å². The van der Waals surface area contributed by atoms with Gasteiger partial charge in [0.1, 0.15) is 6.26 Å². The van der Waals surface area contributed by atoms with Crippen LogP contribution in [0.4, 0.5) is 0 Å². The van der Waals surface area contributed by atoms with Crippen molar-refractivity contribution in [3.8, 4) is 0 Å². The van der Waals surface area contributed by atoms with Crippen molar-refractivity contribution in [2.24, 2.45) is 0 Å². The molecule has 0 fully saturated rings. The molecule has 2 aromatic carbocycles. The molecule has 2 aromatic rings. The minimum absolute atomic E-state index is 0.682. The normalized spacial score (nSPS) is 11.4. The number of hydrogen-bond acceptors (Lipinski definition) is 3. The third-order valence-corrected chi connectivity index (χ3v) is 7.12. The minimum Gasteiger partial charge on any atom is -0.342 e. The largest absolute Gasteiger partial charge is 0.342 e. The van der Waals surface area contributed by atoms with E-state index in [9.17, 15) is 0 Å². The highest BCUT2D eigenvalue weighted by Crippen LogP contribution is 2.44. The zero-order valence-corrected chi connectivity index (χ0v) is 13.4. The van der Waals surface area contributed by atoms with Crippen LogP contribution in [0.15, 0.2) is 60.7 Å². The average Bonchev–Trinajstić information content (AvgIpc) is 2.53. The highest BCUT2D eigenvalue weighted by atomic mass is 32.4. The molecule has 0 radical (unpaired) electrons. The zero-order valence-electron chi connectivity index (χ0n) is 11.7. The Morgan fingerprint density at radius 2 is 1.45 bits per heavy atom. The van der Waals surface area contributed by atoms with Crippen molar-refractivity contribution in [2.75, 3.05) is 20.2 Å². The van der Waals surface area contributed by atoms with Crippen molar-refractivity contribution in [1.82, 2.24) is 5.32 Å². The van der Waals surface area contributed by atoms with E-state index in [0.717, 1.165) is 23.6 Å². The first-order valence-corrected chi connectivity index (χ1v) is 9.50. The average molecular weight is 305 g/mol. The molecule has 0 aliphatic heterocycles. The van der Waals surface area contributed by atoms with E-state index in [-0.39, 0.29) is 0 Å². The van der Waals surface area contributed by atoms with E-state index in [4.69, 9.17) is 16.3 Å². The lowest BCUT2D eigenvalue weighted by Crippen LogP contribution is -2.19. The van der Waals surface area contributed by atoms with Gasteiger partial charge in [0.15, 0.2) is 0 Å². The van der Waals surface area contributed by atoms with Crippen LogP contribution in [0, 0.1) is 0 Å². The maximum atomic E-state index is 6.19. The molecule has 0 heterocycles. The Balaban J connectivity index is 2.27. The van der Waals surface area contributed by atoms with Gasteiger partial charge in [0.05, 0.1) is 6.61 Å². The Hall–Kier alpha value is -0.990. The fourth-order valence-electron chi connectivity index (χ4n) is 1.99. The van der Waals surface area contributed by atoms with Crippen LogP contribution in [0.2, 0.25) is 0 Å². The maximum Gasteiger partial charge on any atom is 0.123 e. The third-order valence-electron chi connectivity index (χ3n) is 3.04. The smallest absolute Gasteiger partial charge is 0.123 e. The van der Waals surface area contributed by atoms with Crippen LogP contribution in [0.25, 0.3) is 0 Å². The maximum absolute atomic E-state index is 6.19. The molecule has 20 heavy (non-hydrogen) atoms.